The van der Waals surface area contributed by atoms with Crippen molar-refractivity contribution in [2.45, 2.75) is 19.1 Å². The summed E-state index contributed by atoms with van der Waals surface area (Å²) in [5.74, 6) is -0.610. The van der Waals surface area contributed by atoms with Gasteiger partial charge in [0, 0.05) is 44.3 Å². The molecule has 8 nitrogen and oxygen atoms in total. The van der Waals surface area contributed by atoms with Crippen LogP contribution in [-0.2, 0) is 4.79 Å². The number of ketones is 1. The second kappa shape index (κ2) is 9.49. The molecule has 29 heavy (non-hydrogen) atoms. The van der Waals surface area contributed by atoms with Crippen molar-refractivity contribution in [2.75, 3.05) is 37.7 Å². The summed E-state index contributed by atoms with van der Waals surface area (Å²) in [6.45, 7) is 3.00. The highest BCUT2D eigenvalue weighted by atomic mass is 16.3. The summed E-state index contributed by atoms with van der Waals surface area (Å²) in [6.07, 6.45) is 2.50. The molecule has 2 heterocycles. The summed E-state index contributed by atoms with van der Waals surface area (Å²) in [7, 11) is 0. The number of aliphatic hydroxyl groups is 2. The van der Waals surface area contributed by atoms with Crippen LogP contribution >= 0.6 is 0 Å². The van der Waals surface area contributed by atoms with Gasteiger partial charge in [0.15, 0.2) is 5.78 Å². The van der Waals surface area contributed by atoms with Crippen molar-refractivity contribution < 1.29 is 19.8 Å². The van der Waals surface area contributed by atoms with Crippen molar-refractivity contribution in [3.05, 3.63) is 48.8 Å². The lowest BCUT2D eigenvalue weighted by Gasteiger charge is -2.37. The smallest absolute Gasteiger partial charge is 0.318 e. The van der Waals surface area contributed by atoms with Crippen LogP contribution in [0.1, 0.15) is 6.92 Å². The lowest BCUT2D eigenvalue weighted by molar-refractivity contribution is -0.125. The number of carbonyl (C=O) groups is 2. The van der Waals surface area contributed by atoms with E-state index in [2.05, 4.69) is 39.5 Å². The molecular formula is C21H26N4O4. The minimum absolute atomic E-state index is 0.413. The third kappa shape index (κ3) is 5.10. The lowest BCUT2D eigenvalue weighted by Crippen LogP contribution is -2.57. The van der Waals surface area contributed by atoms with Gasteiger partial charge in [-0.3, -0.25) is 9.78 Å². The Morgan fingerprint density at radius 1 is 1.10 bits per heavy atom. The molecular weight excluding hydrogens is 372 g/mol. The molecule has 3 rings (SSSR count). The van der Waals surface area contributed by atoms with E-state index in [4.69, 9.17) is 5.11 Å². The number of amides is 2. The summed E-state index contributed by atoms with van der Waals surface area (Å²) >= 11 is 0. The van der Waals surface area contributed by atoms with Gasteiger partial charge in [0.1, 0.15) is 12.6 Å². The number of anilines is 1. The molecule has 154 valence electrons. The third-order valence-electron chi connectivity index (χ3n) is 5.06. The van der Waals surface area contributed by atoms with Gasteiger partial charge in [0.25, 0.3) is 0 Å². The Hall–Kier alpha value is -2.97. The van der Waals surface area contributed by atoms with E-state index in [9.17, 15) is 14.7 Å². The quantitative estimate of drug-likeness (QED) is 0.667. The number of hydrogen-bond acceptors (Lipinski definition) is 6. The molecule has 2 atom stereocenters. The highest BCUT2D eigenvalue weighted by molar-refractivity contribution is 5.89. The van der Waals surface area contributed by atoms with E-state index in [1.165, 1.54) is 6.92 Å². The summed E-state index contributed by atoms with van der Waals surface area (Å²) in [5, 5.41) is 21.2. The molecule has 0 aliphatic carbocycles. The molecule has 0 saturated carbocycles. The minimum atomic E-state index is -1.11. The molecule has 0 bridgehead atoms. The van der Waals surface area contributed by atoms with Crippen LogP contribution in [0.15, 0.2) is 48.8 Å². The van der Waals surface area contributed by atoms with Gasteiger partial charge in [-0.1, -0.05) is 18.2 Å². The van der Waals surface area contributed by atoms with Crippen LogP contribution < -0.4 is 10.2 Å². The fourth-order valence-electron chi connectivity index (χ4n) is 3.36. The van der Waals surface area contributed by atoms with Crippen molar-refractivity contribution in [2.24, 2.45) is 0 Å². The van der Waals surface area contributed by atoms with E-state index in [1.807, 2.05) is 18.3 Å². The van der Waals surface area contributed by atoms with Crippen molar-refractivity contribution in [1.29, 1.82) is 0 Å². The zero-order valence-corrected chi connectivity index (χ0v) is 16.4. The molecule has 1 aliphatic heterocycles. The first-order valence-electron chi connectivity index (χ1n) is 9.62. The van der Waals surface area contributed by atoms with E-state index in [0.29, 0.717) is 26.2 Å². The van der Waals surface area contributed by atoms with Crippen LogP contribution in [0, 0.1) is 0 Å². The second-order valence-corrected chi connectivity index (χ2v) is 7.05. The van der Waals surface area contributed by atoms with Crippen LogP contribution in [0.25, 0.3) is 11.1 Å². The number of urea groups is 1. The monoisotopic (exact) mass is 398 g/mol. The number of rotatable bonds is 6. The Kier molecular flexibility index (Phi) is 6.79. The van der Waals surface area contributed by atoms with Gasteiger partial charge >= 0.3 is 6.03 Å². The van der Waals surface area contributed by atoms with Gasteiger partial charge in [0.05, 0.1) is 6.10 Å². The van der Waals surface area contributed by atoms with Gasteiger partial charge in [-0.15, -0.1) is 0 Å². The second-order valence-electron chi connectivity index (χ2n) is 7.05. The van der Waals surface area contributed by atoms with Crippen molar-refractivity contribution in [3.63, 3.8) is 0 Å². The number of piperazine rings is 1. The predicted molar refractivity (Wildman–Crippen MR) is 110 cm³/mol. The molecule has 0 unspecified atom stereocenters. The largest absolute Gasteiger partial charge is 0.391 e. The van der Waals surface area contributed by atoms with Crippen LogP contribution in [0.5, 0.6) is 0 Å². The number of Topliss-reactive ketones (excluding diaryl/α,β-unsaturated/α-hetero) is 1. The summed E-state index contributed by atoms with van der Waals surface area (Å²) in [6, 6.07) is 10.6. The van der Waals surface area contributed by atoms with Gasteiger partial charge < -0.3 is 25.3 Å². The van der Waals surface area contributed by atoms with Crippen molar-refractivity contribution in [3.8, 4) is 11.1 Å². The highest BCUT2D eigenvalue weighted by Gasteiger charge is 2.28. The maximum absolute atomic E-state index is 12.4. The van der Waals surface area contributed by atoms with Crippen molar-refractivity contribution >= 4 is 17.5 Å². The number of nitrogens with zero attached hydrogens (tertiary/aromatic N) is 3. The number of pyridine rings is 1. The Labute approximate surface area is 169 Å². The number of carbonyl (C=O) groups excluding carboxylic acids is 2. The maximum Gasteiger partial charge on any atom is 0.318 e. The standard InChI is InChI=1S/C21H26N4O4/c1-15(27)20(19(28)14-26)23-21(29)25-11-9-24(10-12-25)18-6-4-16(5-7-18)17-3-2-8-22-13-17/h2-8,13,15,20,26-27H,9-12,14H2,1H3,(H,23,29)/t15-,20+/m0/s1. The molecule has 1 saturated heterocycles. The number of benzene rings is 1. The average Bonchev–Trinajstić information content (AvgIpc) is 2.77. The zero-order chi connectivity index (χ0) is 20.8. The third-order valence-corrected chi connectivity index (χ3v) is 5.06. The SMILES string of the molecule is C[C@H](O)[C@@H](NC(=O)N1CCN(c2ccc(-c3cccnc3)cc2)CC1)C(=O)CO. The van der Waals surface area contributed by atoms with Crippen LogP contribution in [0.3, 0.4) is 0 Å². The molecule has 1 aliphatic rings. The first-order valence-corrected chi connectivity index (χ1v) is 9.62. The van der Waals surface area contributed by atoms with Crippen LogP contribution in [-0.4, -0.2) is 76.8 Å². The summed E-state index contributed by atoms with van der Waals surface area (Å²) < 4.78 is 0. The Morgan fingerprint density at radius 2 is 1.79 bits per heavy atom. The number of hydrogen-bond donors (Lipinski definition) is 3. The molecule has 1 fully saturated rings. The fraction of sp³-hybridized carbons (Fsp3) is 0.381. The van der Waals surface area contributed by atoms with Gasteiger partial charge in [-0.25, -0.2) is 4.79 Å². The van der Waals surface area contributed by atoms with Crippen LogP contribution in [0.2, 0.25) is 0 Å². The molecule has 8 heteroatoms. The fourth-order valence-corrected chi connectivity index (χ4v) is 3.36. The maximum atomic E-state index is 12.4. The Balaban J connectivity index is 1.56. The normalized spacial score (nSPS) is 16.2. The topological polar surface area (TPSA) is 106 Å². The first-order chi connectivity index (χ1) is 14.0. The Bertz CT molecular complexity index is 818. The lowest BCUT2D eigenvalue weighted by atomic mass is 10.1. The molecule has 1 aromatic heterocycles. The highest BCUT2D eigenvalue weighted by Crippen LogP contribution is 2.23. The van der Waals surface area contributed by atoms with Gasteiger partial charge in [-0.05, 0) is 36.2 Å². The number of aliphatic hydroxyl groups excluding tert-OH is 2. The van der Waals surface area contributed by atoms with E-state index in [-0.39, 0.29) is 0 Å². The van der Waals surface area contributed by atoms with E-state index >= 15 is 0 Å². The first kappa shape index (κ1) is 20.8. The molecule has 2 aromatic rings. The number of nitrogens with one attached hydrogen (secondary N) is 1. The molecule has 3 N–H and O–H groups in total. The van der Waals surface area contributed by atoms with Crippen molar-refractivity contribution in [1.82, 2.24) is 15.2 Å². The van der Waals surface area contributed by atoms with Gasteiger partial charge in [0.2, 0.25) is 0 Å². The molecule has 2 amide bonds. The molecule has 1 aromatic carbocycles. The zero-order valence-electron chi connectivity index (χ0n) is 16.4. The van der Waals surface area contributed by atoms with E-state index in [0.717, 1.165) is 16.8 Å². The molecule has 0 spiro atoms. The summed E-state index contributed by atoms with van der Waals surface area (Å²) in [5.41, 5.74) is 3.23. The average molecular weight is 398 g/mol. The van der Waals surface area contributed by atoms with E-state index < -0.39 is 30.6 Å². The Morgan fingerprint density at radius 3 is 2.34 bits per heavy atom. The number of aromatic nitrogens is 1. The predicted octanol–water partition coefficient (Wildman–Crippen LogP) is 0.891. The molecule has 0 radical (unpaired) electrons. The van der Waals surface area contributed by atoms with E-state index in [1.54, 1.807) is 11.1 Å². The minimum Gasteiger partial charge on any atom is -0.391 e. The van der Waals surface area contributed by atoms with Gasteiger partial charge in [-0.2, -0.15) is 0 Å². The van der Waals surface area contributed by atoms with Crippen LogP contribution in [0.4, 0.5) is 10.5 Å². The summed E-state index contributed by atoms with van der Waals surface area (Å²) in [4.78, 5) is 32.1.